The second-order valence-electron chi connectivity index (χ2n) is 3.82. The number of carbonyl (C=O) groups is 2. The van der Waals surface area contributed by atoms with Crippen LogP contribution in [0, 0.1) is 0 Å². The number of hydrazine groups is 1. The van der Waals surface area contributed by atoms with Gasteiger partial charge in [0.05, 0.1) is 6.54 Å². The molecule has 7 nitrogen and oxygen atoms in total. The van der Waals surface area contributed by atoms with Crippen LogP contribution in [0.5, 0.6) is 0 Å². The molecule has 92 valence electrons. The third-order valence-electron chi connectivity index (χ3n) is 2.58. The molecule has 1 aliphatic heterocycles. The number of carboxylic acids is 1. The van der Waals surface area contributed by atoms with Gasteiger partial charge < -0.3 is 15.9 Å². The fourth-order valence-corrected chi connectivity index (χ4v) is 1.70. The molecule has 16 heavy (non-hydrogen) atoms. The molecule has 1 amide bonds. The Balaban J connectivity index is 2.59. The highest BCUT2D eigenvalue weighted by molar-refractivity contribution is 5.74. The minimum Gasteiger partial charge on any atom is -0.480 e. The van der Waals surface area contributed by atoms with Gasteiger partial charge >= 0.3 is 12.1 Å². The van der Waals surface area contributed by atoms with Gasteiger partial charge in [0.1, 0.15) is 6.04 Å². The molecule has 0 radical (unpaired) electrons. The first-order chi connectivity index (χ1) is 7.52. The maximum atomic E-state index is 11.0. The molecule has 0 saturated carbocycles. The van der Waals surface area contributed by atoms with Gasteiger partial charge in [0.15, 0.2) is 0 Å². The topological polar surface area (TPSA) is 107 Å². The van der Waals surface area contributed by atoms with Gasteiger partial charge in [-0.2, -0.15) is 0 Å². The van der Waals surface area contributed by atoms with Crippen molar-refractivity contribution in [2.24, 2.45) is 5.73 Å². The highest BCUT2D eigenvalue weighted by atomic mass is 16.4. The largest absolute Gasteiger partial charge is 0.480 e. The third kappa shape index (κ3) is 3.35. The molecule has 1 rings (SSSR count). The predicted molar refractivity (Wildman–Crippen MR) is 55.8 cm³/mol. The number of nitrogens with zero attached hydrogens (tertiary/aromatic N) is 2. The van der Waals surface area contributed by atoms with E-state index < -0.39 is 18.1 Å². The summed E-state index contributed by atoms with van der Waals surface area (Å²) in [5.41, 5.74) is 5.33. The van der Waals surface area contributed by atoms with Crippen LogP contribution in [-0.2, 0) is 4.79 Å². The van der Waals surface area contributed by atoms with Crippen LogP contribution in [0.2, 0.25) is 0 Å². The summed E-state index contributed by atoms with van der Waals surface area (Å²) in [6, 6.07) is -1.18. The summed E-state index contributed by atoms with van der Waals surface area (Å²) in [6.07, 6.45) is 1.77. The van der Waals surface area contributed by atoms with Crippen LogP contribution in [0.1, 0.15) is 19.3 Å². The lowest BCUT2D eigenvalue weighted by molar-refractivity contribution is -0.140. The van der Waals surface area contributed by atoms with Gasteiger partial charge in [-0.25, -0.2) is 14.8 Å². The van der Waals surface area contributed by atoms with Gasteiger partial charge in [-0.1, -0.05) is 6.42 Å². The van der Waals surface area contributed by atoms with Crippen molar-refractivity contribution >= 4 is 12.1 Å². The van der Waals surface area contributed by atoms with Crippen molar-refractivity contribution in [1.82, 2.24) is 10.0 Å². The van der Waals surface area contributed by atoms with Gasteiger partial charge in [0.2, 0.25) is 0 Å². The van der Waals surface area contributed by atoms with E-state index in [0.717, 1.165) is 24.3 Å². The van der Waals surface area contributed by atoms with E-state index >= 15 is 0 Å². The summed E-state index contributed by atoms with van der Waals surface area (Å²) in [5, 5.41) is 20.3. The summed E-state index contributed by atoms with van der Waals surface area (Å²) in [6.45, 7) is 1.07. The standard InChI is InChI=1S/C9H17N3O4/c10-7(8(13)14)6-12(9(15)16)11-4-2-1-3-5-11/h7H,1-6,10H2,(H,13,14)(H,15,16). The van der Waals surface area contributed by atoms with Gasteiger partial charge in [0, 0.05) is 13.1 Å². The fourth-order valence-electron chi connectivity index (χ4n) is 1.70. The molecule has 0 aliphatic carbocycles. The molecule has 1 fully saturated rings. The predicted octanol–water partition coefficient (Wildman–Crippen LogP) is -0.221. The van der Waals surface area contributed by atoms with Gasteiger partial charge in [-0.05, 0) is 12.8 Å². The number of rotatable bonds is 4. The van der Waals surface area contributed by atoms with E-state index in [9.17, 15) is 9.59 Å². The quantitative estimate of drug-likeness (QED) is 0.617. The second kappa shape index (κ2) is 5.66. The van der Waals surface area contributed by atoms with Crippen molar-refractivity contribution in [1.29, 1.82) is 0 Å². The molecule has 0 aromatic rings. The molecule has 1 atom stereocenters. The Morgan fingerprint density at radius 3 is 2.25 bits per heavy atom. The second-order valence-corrected chi connectivity index (χ2v) is 3.82. The van der Waals surface area contributed by atoms with Crippen LogP contribution in [0.15, 0.2) is 0 Å². The Morgan fingerprint density at radius 2 is 1.81 bits per heavy atom. The number of amides is 1. The first-order valence-electron chi connectivity index (χ1n) is 5.26. The zero-order valence-electron chi connectivity index (χ0n) is 9.00. The number of aliphatic carboxylic acids is 1. The molecule has 0 aromatic carbocycles. The Morgan fingerprint density at radius 1 is 1.25 bits per heavy atom. The number of hydrogen-bond acceptors (Lipinski definition) is 4. The van der Waals surface area contributed by atoms with Crippen molar-refractivity contribution in [3.63, 3.8) is 0 Å². The van der Waals surface area contributed by atoms with E-state index in [1.165, 1.54) is 0 Å². The molecule has 7 heteroatoms. The number of carboxylic acid groups (broad SMARTS) is 2. The molecule has 1 saturated heterocycles. The Labute approximate surface area is 93.4 Å². The minimum atomic E-state index is -1.19. The fraction of sp³-hybridized carbons (Fsp3) is 0.778. The molecule has 4 N–H and O–H groups in total. The summed E-state index contributed by atoms with van der Waals surface area (Å²) in [7, 11) is 0. The average molecular weight is 231 g/mol. The van der Waals surface area contributed by atoms with E-state index in [-0.39, 0.29) is 6.54 Å². The van der Waals surface area contributed by atoms with Gasteiger partial charge in [-0.3, -0.25) is 4.79 Å². The maximum Gasteiger partial charge on any atom is 0.422 e. The van der Waals surface area contributed by atoms with Crippen LogP contribution in [0.4, 0.5) is 4.79 Å². The summed E-state index contributed by atoms with van der Waals surface area (Å²) >= 11 is 0. The molecule has 1 unspecified atom stereocenters. The zero-order chi connectivity index (χ0) is 12.1. The van der Waals surface area contributed by atoms with E-state index in [1.807, 2.05) is 0 Å². The van der Waals surface area contributed by atoms with E-state index in [2.05, 4.69) is 0 Å². The highest BCUT2D eigenvalue weighted by Gasteiger charge is 2.26. The molecular formula is C9H17N3O4. The third-order valence-corrected chi connectivity index (χ3v) is 2.58. The van der Waals surface area contributed by atoms with Gasteiger partial charge in [-0.15, -0.1) is 0 Å². The Bertz CT molecular complexity index is 265. The summed E-state index contributed by atoms with van der Waals surface area (Å²) in [5.74, 6) is -1.19. The van der Waals surface area contributed by atoms with Crippen molar-refractivity contribution in [3.05, 3.63) is 0 Å². The van der Waals surface area contributed by atoms with E-state index in [0.29, 0.717) is 13.1 Å². The lowest BCUT2D eigenvalue weighted by Gasteiger charge is -2.36. The van der Waals surface area contributed by atoms with Crippen molar-refractivity contribution in [2.75, 3.05) is 19.6 Å². The molecular weight excluding hydrogens is 214 g/mol. The summed E-state index contributed by atoms with van der Waals surface area (Å²) < 4.78 is 0. The first kappa shape index (κ1) is 12.7. The van der Waals surface area contributed by atoms with Crippen LogP contribution >= 0.6 is 0 Å². The lowest BCUT2D eigenvalue weighted by atomic mass is 10.1. The highest BCUT2D eigenvalue weighted by Crippen LogP contribution is 2.12. The van der Waals surface area contributed by atoms with E-state index in [1.54, 1.807) is 5.01 Å². The smallest absolute Gasteiger partial charge is 0.422 e. The number of nitrogens with two attached hydrogens (primary N) is 1. The molecule has 0 spiro atoms. The SMILES string of the molecule is NC(CN(C(=O)O)N1CCCCC1)C(=O)O. The lowest BCUT2D eigenvalue weighted by Crippen LogP contribution is -2.54. The molecule has 1 aliphatic rings. The van der Waals surface area contributed by atoms with Crippen LogP contribution in [0.25, 0.3) is 0 Å². The zero-order valence-corrected chi connectivity index (χ0v) is 9.00. The van der Waals surface area contributed by atoms with Crippen LogP contribution in [0.3, 0.4) is 0 Å². The summed E-state index contributed by atoms with van der Waals surface area (Å²) in [4.78, 5) is 21.6. The number of piperidine rings is 1. The molecule has 0 aromatic heterocycles. The number of hydrogen-bond donors (Lipinski definition) is 3. The average Bonchev–Trinajstić information content (AvgIpc) is 2.26. The Kier molecular flexibility index (Phi) is 4.51. The Hall–Kier alpha value is -1.34. The van der Waals surface area contributed by atoms with Crippen LogP contribution in [-0.4, -0.2) is 58.0 Å². The van der Waals surface area contributed by atoms with Crippen molar-refractivity contribution < 1.29 is 19.8 Å². The normalized spacial score (nSPS) is 19.1. The van der Waals surface area contributed by atoms with Crippen LogP contribution < -0.4 is 5.73 Å². The van der Waals surface area contributed by atoms with E-state index in [4.69, 9.17) is 15.9 Å². The first-order valence-corrected chi connectivity index (χ1v) is 5.26. The van der Waals surface area contributed by atoms with Crippen molar-refractivity contribution in [2.45, 2.75) is 25.3 Å². The molecule has 0 bridgehead atoms. The molecule has 1 heterocycles. The minimum absolute atomic E-state index is 0.204. The maximum absolute atomic E-state index is 11.0. The van der Waals surface area contributed by atoms with Gasteiger partial charge in [0.25, 0.3) is 0 Å². The monoisotopic (exact) mass is 231 g/mol. The van der Waals surface area contributed by atoms with Crippen molar-refractivity contribution in [3.8, 4) is 0 Å².